The first kappa shape index (κ1) is 13.4. The van der Waals surface area contributed by atoms with E-state index in [0.29, 0.717) is 17.3 Å². The lowest BCUT2D eigenvalue weighted by Crippen LogP contribution is -2.18. The van der Waals surface area contributed by atoms with E-state index in [4.69, 9.17) is 32.2 Å². The zero-order chi connectivity index (χ0) is 13.8. The maximum absolute atomic E-state index is 9.03. The molecule has 5 nitrogen and oxygen atoms in total. The van der Waals surface area contributed by atoms with Crippen molar-refractivity contribution >= 4 is 23.0 Å². The lowest BCUT2D eigenvalue weighted by molar-refractivity contribution is 0.248. The van der Waals surface area contributed by atoms with Crippen LogP contribution in [0, 0.1) is 0 Å². The molecule has 1 heterocycles. The molecule has 0 radical (unpaired) electrons. The minimum Gasteiger partial charge on any atom is -0.496 e. The summed E-state index contributed by atoms with van der Waals surface area (Å²) in [6.07, 6.45) is 0. The van der Waals surface area contributed by atoms with E-state index in [1.807, 2.05) is 6.07 Å². The third-order valence-electron chi connectivity index (χ3n) is 2.55. The first-order valence-electron chi connectivity index (χ1n) is 5.58. The molecule has 6 heteroatoms. The summed E-state index contributed by atoms with van der Waals surface area (Å²) in [6.45, 7) is -0.146. The van der Waals surface area contributed by atoms with Gasteiger partial charge in [-0.25, -0.2) is 0 Å². The van der Waals surface area contributed by atoms with Gasteiger partial charge in [-0.05, 0) is 42.5 Å². The summed E-state index contributed by atoms with van der Waals surface area (Å²) in [5.74, 6) is 1.75. The van der Waals surface area contributed by atoms with Crippen molar-refractivity contribution in [2.75, 3.05) is 12.4 Å². The van der Waals surface area contributed by atoms with E-state index >= 15 is 0 Å². The predicted octanol–water partition coefficient (Wildman–Crippen LogP) is 2.10. The lowest BCUT2D eigenvalue weighted by Gasteiger charge is -2.10. The molecule has 4 N–H and O–H groups in total. The lowest BCUT2D eigenvalue weighted by atomic mass is 10.1. The van der Waals surface area contributed by atoms with Crippen LogP contribution in [-0.4, -0.2) is 17.3 Å². The van der Waals surface area contributed by atoms with Gasteiger partial charge in [0.1, 0.15) is 23.9 Å². The van der Waals surface area contributed by atoms with Gasteiger partial charge >= 0.3 is 0 Å². The molecule has 0 fully saturated rings. The molecule has 0 aliphatic heterocycles. The van der Waals surface area contributed by atoms with E-state index in [9.17, 15) is 0 Å². The Morgan fingerprint density at radius 3 is 2.79 bits per heavy atom. The largest absolute Gasteiger partial charge is 0.496 e. The van der Waals surface area contributed by atoms with Gasteiger partial charge < -0.3 is 25.3 Å². The Morgan fingerprint density at radius 1 is 1.42 bits per heavy atom. The van der Waals surface area contributed by atoms with Gasteiger partial charge in [0.25, 0.3) is 0 Å². The van der Waals surface area contributed by atoms with Crippen molar-refractivity contribution in [3.05, 3.63) is 36.1 Å². The van der Waals surface area contributed by atoms with E-state index in [0.717, 1.165) is 11.3 Å². The van der Waals surface area contributed by atoms with Gasteiger partial charge in [-0.15, -0.1) is 0 Å². The number of nitrogens with two attached hydrogens (primary N) is 1. The quantitative estimate of drug-likeness (QED) is 0.743. The number of furan rings is 1. The number of aliphatic hydroxyl groups is 1. The Hall–Kier alpha value is -2.05. The van der Waals surface area contributed by atoms with E-state index in [1.165, 1.54) is 0 Å². The molecular formula is C13H14N2O3S. The van der Waals surface area contributed by atoms with E-state index < -0.39 is 0 Å². The monoisotopic (exact) mass is 278 g/mol. The maximum atomic E-state index is 9.03. The van der Waals surface area contributed by atoms with Gasteiger partial charge in [-0.3, -0.25) is 0 Å². The Bertz CT molecular complexity index is 595. The fourth-order valence-corrected chi connectivity index (χ4v) is 1.85. The molecule has 0 aliphatic carbocycles. The average Bonchev–Trinajstić information content (AvgIpc) is 2.86. The normalized spacial score (nSPS) is 10.2. The number of hydrogen-bond donors (Lipinski definition) is 3. The van der Waals surface area contributed by atoms with Crippen LogP contribution in [0.1, 0.15) is 5.76 Å². The highest BCUT2D eigenvalue weighted by Gasteiger charge is 2.11. The number of ether oxygens (including phenoxy) is 1. The number of methoxy groups -OCH3 is 1. The van der Waals surface area contributed by atoms with Crippen LogP contribution >= 0.6 is 12.2 Å². The number of rotatable bonds is 4. The molecule has 0 unspecified atom stereocenters. The van der Waals surface area contributed by atoms with Crippen LogP contribution in [0.2, 0.25) is 0 Å². The molecule has 0 spiro atoms. The van der Waals surface area contributed by atoms with Crippen molar-refractivity contribution in [3.63, 3.8) is 0 Å². The zero-order valence-electron chi connectivity index (χ0n) is 10.3. The molecule has 1 aromatic heterocycles. The van der Waals surface area contributed by atoms with Crippen LogP contribution in [-0.2, 0) is 6.61 Å². The minimum absolute atomic E-state index is 0.146. The van der Waals surface area contributed by atoms with Crippen molar-refractivity contribution in [3.8, 4) is 17.1 Å². The van der Waals surface area contributed by atoms with Gasteiger partial charge in [0, 0.05) is 5.69 Å². The Labute approximate surface area is 116 Å². The van der Waals surface area contributed by atoms with Gasteiger partial charge in [-0.2, -0.15) is 0 Å². The molecule has 0 bridgehead atoms. The average molecular weight is 278 g/mol. The van der Waals surface area contributed by atoms with E-state index in [1.54, 1.807) is 31.4 Å². The number of benzene rings is 1. The molecular weight excluding hydrogens is 264 g/mol. The molecule has 0 amide bonds. The summed E-state index contributed by atoms with van der Waals surface area (Å²) in [6, 6.07) is 8.89. The standard InChI is InChI=1S/C13H14N2O3S/c1-17-11-4-2-8(15-13(14)19)6-10(11)12-5-3-9(7-16)18-12/h2-6,16H,7H2,1H3,(H3,14,15,19). The number of thiocarbonyl (C=S) groups is 1. The van der Waals surface area contributed by atoms with Gasteiger partial charge in [-0.1, -0.05) is 0 Å². The molecule has 0 saturated heterocycles. The molecule has 2 rings (SSSR count). The summed E-state index contributed by atoms with van der Waals surface area (Å²) in [7, 11) is 1.58. The van der Waals surface area contributed by atoms with Crippen LogP contribution in [0.5, 0.6) is 5.75 Å². The maximum Gasteiger partial charge on any atom is 0.168 e. The Kier molecular flexibility index (Phi) is 4.03. The Morgan fingerprint density at radius 2 is 2.21 bits per heavy atom. The van der Waals surface area contributed by atoms with Crippen molar-refractivity contribution in [2.24, 2.45) is 5.73 Å². The minimum atomic E-state index is -0.146. The van der Waals surface area contributed by atoms with Crippen molar-refractivity contribution in [1.29, 1.82) is 0 Å². The van der Waals surface area contributed by atoms with E-state index in [-0.39, 0.29) is 11.7 Å². The molecule has 100 valence electrons. The number of anilines is 1. The van der Waals surface area contributed by atoms with Crippen LogP contribution in [0.4, 0.5) is 5.69 Å². The highest BCUT2D eigenvalue weighted by Crippen LogP contribution is 2.33. The first-order chi connectivity index (χ1) is 9.13. The van der Waals surface area contributed by atoms with Gasteiger partial charge in [0.05, 0.1) is 12.7 Å². The second-order valence-electron chi connectivity index (χ2n) is 3.83. The molecule has 0 aliphatic rings. The smallest absolute Gasteiger partial charge is 0.168 e. The van der Waals surface area contributed by atoms with Gasteiger partial charge in [0.2, 0.25) is 0 Å². The van der Waals surface area contributed by atoms with Crippen molar-refractivity contribution < 1.29 is 14.3 Å². The fraction of sp³-hybridized carbons (Fsp3) is 0.154. The number of hydrogen-bond acceptors (Lipinski definition) is 4. The third-order valence-corrected chi connectivity index (χ3v) is 2.65. The SMILES string of the molecule is COc1ccc(NC(N)=S)cc1-c1ccc(CO)o1. The molecule has 1 aromatic carbocycles. The van der Waals surface area contributed by atoms with Crippen LogP contribution in [0.3, 0.4) is 0 Å². The second-order valence-corrected chi connectivity index (χ2v) is 4.27. The topological polar surface area (TPSA) is 80.7 Å². The summed E-state index contributed by atoms with van der Waals surface area (Å²) < 4.78 is 10.8. The first-order valence-corrected chi connectivity index (χ1v) is 5.99. The second kappa shape index (κ2) is 5.73. The zero-order valence-corrected chi connectivity index (χ0v) is 11.2. The van der Waals surface area contributed by atoms with Crippen molar-refractivity contribution in [1.82, 2.24) is 0 Å². The highest BCUT2D eigenvalue weighted by atomic mass is 32.1. The highest BCUT2D eigenvalue weighted by molar-refractivity contribution is 7.80. The van der Waals surface area contributed by atoms with Gasteiger partial charge in [0.15, 0.2) is 5.11 Å². The summed E-state index contributed by atoms with van der Waals surface area (Å²) in [5, 5.41) is 12.1. The molecule has 0 atom stereocenters. The fourth-order valence-electron chi connectivity index (χ4n) is 1.73. The molecule has 0 saturated carbocycles. The van der Waals surface area contributed by atoms with Crippen molar-refractivity contribution in [2.45, 2.75) is 6.61 Å². The number of aliphatic hydroxyl groups excluding tert-OH is 1. The van der Waals surface area contributed by atoms with E-state index in [2.05, 4.69) is 5.32 Å². The third kappa shape index (κ3) is 3.04. The summed E-state index contributed by atoms with van der Waals surface area (Å²) >= 11 is 4.80. The Balaban J connectivity index is 2.43. The predicted molar refractivity (Wildman–Crippen MR) is 77.0 cm³/mol. The summed E-state index contributed by atoms with van der Waals surface area (Å²) in [4.78, 5) is 0. The molecule has 19 heavy (non-hydrogen) atoms. The van der Waals surface area contributed by atoms with Crippen LogP contribution in [0.25, 0.3) is 11.3 Å². The summed E-state index contributed by atoms with van der Waals surface area (Å²) in [5.41, 5.74) is 6.94. The molecule has 2 aromatic rings. The van der Waals surface area contributed by atoms with Crippen LogP contribution in [0.15, 0.2) is 34.7 Å². The number of nitrogens with one attached hydrogen (secondary N) is 1. The van der Waals surface area contributed by atoms with Crippen LogP contribution < -0.4 is 15.8 Å².